The van der Waals surface area contributed by atoms with Crippen molar-refractivity contribution in [1.82, 2.24) is 0 Å². The van der Waals surface area contributed by atoms with E-state index in [1.165, 1.54) is 0 Å². The van der Waals surface area contributed by atoms with Gasteiger partial charge >= 0.3 is 0 Å². The highest BCUT2D eigenvalue weighted by atomic mass is 16.5. The van der Waals surface area contributed by atoms with Crippen LogP contribution in [0.5, 0.6) is 11.5 Å². The van der Waals surface area contributed by atoms with Gasteiger partial charge in [-0.3, -0.25) is 4.79 Å². The molecule has 26 heavy (non-hydrogen) atoms. The highest BCUT2D eigenvalue weighted by molar-refractivity contribution is 6.04. The molecule has 0 radical (unpaired) electrons. The van der Waals surface area contributed by atoms with Crippen LogP contribution in [0.25, 0.3) is 0 Å². The predicted molar refractivity (Wildman–Crippen MR) is 103 cm³/mol. The molecule has 0 unspecified atom stereocenters. The molecule has 0 saturated heterocycles. The molecule has 140 valence electrons. The SMILES string of the molecule is CCCCOc1ccc(NC(=O)c2ccc(OCCOCC)cc2)cc1. The molecule has 0 spiro atoms. The Labute approximate surface area is 155 Å². The van der Waals surface area contributed by atoms with Gasteiger partial charge in [0.25, 0.3) is 5.91 Å². The molecule has 0 aromatic heterocycles. The molecule has 2 aromatic rings. The first-order chi connectivity index (χ1) is 12.7. The summed E-state index contributed by atoms with van der Waals surface area (Å²) < 4.78 is 16.4. The average molecular weight is 357 g/mol. The lowest BCUT2D eigenvalue weighted by molar-refractivity contribution is 0.102. The lowest BCUT2D eigenvalue weighted by Crippen LogP contribution is -2.12. The van der Waals surface area contributed by atoms with E-state index in [1.807, 2.05) is 31.2 Å². The zero-order valence-corrected chi connectivity index (χ0v) is 15.5. The van der Waals surface area contributed by atoms with Crippen molar-refractivity contribution in [3.05, 3.63) is 54.1 Å². The molecular weight excluding hydrogens is 330 g/mol. The molecule has 0 saturated carbocycles. The molecule has 2 aromatic carbocycles. The summed E-state index contributed by atoms with van der Waals surface area (Å²) in [5.41, 5.74) is 1.31. The van der Waals surface area contributed by atoms with Gasteiger partial charge in [-0.1, -0.05) is 13.3 Å². The van der Waals surface area contributed by atoms with Crippen LogP contribution in [0.2, 0.25) is 0 Å². The van der Waals surface area contributed by atoms with E-state index < -0.39 is 0 Å². The number of hydrogen-bond acceptors (Lipinski definition) is 4. The molecule has 1 amide bonds. The molecule has 2 rings (SSSR count). The van der Waals surface area contributed by atoms with Gasteiger partial charge in [0.1, 0.15) is 18.1 Å². The summed E-state index contributed by atoms with van der Waals surface area (Å²) in [7, 11) is 0. The Morgan fingerprint density at radius 2 is 1.46 bits per heavy atom. The van der Waals surface area contributed by atoms with Crippen molar-refractivity contribution in [2.24, 2.45) is 0 Å². The van der Waals surface area contributed by atoms with Crippen LogP contribution in [-0.4, -0.2) is 32.3 Å². The molecule has 0 aliphatic carbocycles. The van der Waals surface area contributed by atoms with Crippen LogP contribution in [0.4, 0.5) is 5.69 Å². The standard InChI is InChI=1S/C21H27NO4/c1-3-5-14-25-20-12-8-18(9-13-20)22-21(23)17-6-10-19(11-7-17)26-16-15-24-4-2/h6-13H,3-5,14-16H2,1-2H3,(H,22,23). The van der Waals surface area contributed by atoms with Gasteiger partial charge in [-0.25, -0.2) is 0 Å². The van der Waals surface area contributed by atoms with Crippen molar-refractivity contribution < 1.29 is 19.0 Å². The minimum Gasteiger partial charge on any atom is -0.494 e. The molecule has 5 nitrogen and oxygen atoms in total. The smallest absolute Gasteiger partial charge is 0.255 e. The third-order valence-corrected chi connectivity index (χ3v) is 3.70. The Bertz CT molecular complexity index is 653. The van der Waals surface area contributed by atoms with Crippen molar-refractivity contribution in [3.63, 3.8) is 0 Å². The highest BCUT2D eigenvalue weighted by Crippen LogP contribution is 2.18. The number of hydrogen-bond donors (Lipinski definition) is 1. The number of benzene rings is 2. The minimum atomic E-state index is -0.162. The van der Waals surface area contributed by atoms with Gasteiger partial charge in [0.05, 0.1) is 13.2 Å². The third kappa shape index (κ3) is 6.76. The summed E-state index contributed by atoms with van der Waals surface area (Å²) in [5, 5.41) is 2.88. The van der Waals surface area contributed by atoms with E-state index in [0.29, 0.717) is 32.0 Å². The lowest BCUT2D eigenvalue weighted by Gasteiger charge is -2.09. The lowest BCUT2D eigenvalue weighted by atomic mass is 10.2. The second-order valence-electron chi connectivity index (χ2n) is 5.75. The number of carbonyl (C=O) groups is 1. The Balaban J connectivity index is 1.83. The van der Waals surface area contributed by atoms with E-state index in [0.717, 1.165) is 30.0 Å². The van der Waals surface area contributed by atoms with Crippen molar-refractivity contribution in [2.45, 2.75) is 26.7 Å². The van der Waals surface area contributed by atoms with E-state index >= 15 is 0 Å². The van der Waals surface area contributed by atoms with E-state index in [-0.39, 0.29) is 5.91 Å². The largest absolute Gasteiger partial charge is 0.494 e. The predicted octanol–water partition coefficient (Wildman–Crippen LogP) is 4.53. The van der Waals surface area contributed by atoms with Gasteiger partial charge in [-0.05, 0) is 61.9 Å². The maximum atomic E-state index is 12.3. The number of unbranched alkanes of at least 4 members (excludes halogenated alkanes) is 1. The van der Waals surface area contributed by atoms with Crippen LogP contribution in [0.1, 0.15) is 37.0 Å². The first kappa shape index (κ1) is 19.8. The summed E-state index contributed by atoms with van der Waals surface area (Å²) in [6.45, 7) is 6.50. The number of ether oxygens (including phenoxy) is 3. The van der Waals surface area contributed by atoms with E-state index in [1.54, 1.807) is 24.3 Å². The molecule has 0 bridgehead atoms. The zero-order valence-electron chi connectivity index (χ0n) is 15.5. The second-order valence-corrected chi connectivity index (χ2v) is 5.75. The quantitative estimate of drug-likeness (QED) is 0.600. The van der Waals surface area contributed by atoms with Crippen LogP contribution in [0.3, 0.4) is 0 Å². The number of carbonyl (C=O) groups excluding carboxylic acids is 1. The normalized spacial score (nSPS) is 10.4. The first-order valence-electron chi connectivity index (χ1n) is 9.07. The maximum Gasteiger partial charge on any atom is 0.255 e. The van der Waals surface area contributed by atoms with Gasteiger partial charge in [-0.2, -0.15) is 0 Å². The molecule has 0 atom stereocenters. The third-order valence-electron chi connectivity index (χ3n) is 3.70. The summed E-state index contributed by atoms with van der Waals surface area (Å²) >= 11 is 0. The van der Waals surface area contributed by atoms with Crippen LogP contribution < -0.4 is 14.8 Å². The number of nitrogens with one attached hydrogen (secondary N) is 1. The number of amides is 1. The maximum absolute atomic E-state index is 12.3. The molecule has 1 N–H and O–H groups in total. The van der Waals surface area contributed by atoms with Gasteiger partial charge in [0, 0.05) is 17.9 Å². The summed E-state index contributed by atoms with van der Waals surface area (Å²) in [5.74, 6) is 1.37. The Kier molecular flexibility index (Phi) is 8.49. The van der Waals surface area contributed by atoms with Crippen LogP contribution in [0, 0.1) is 0 Å². The molecular formula is C21H27NO4. The molecule has 0 aliphatic heterocycles. The van der Waals surface area contributed by atoms with E-state index in [4.69, 9.17) is 14.2 Å². The fourth-order valence-corrected chi connectivity index (χ4v) is 2.24. The van der Waals surface area contributed by atoms with Gasteiger partial charge < -0.3 is 19.5 Å². The van der Waals surface area contributed by atoms with Crippen molar-refractivity contribution in [2.75, 3.05) is 31.7 Å². The zero-order chi connectivity index (χ0) is 18.6. The van der Waals surface area contributed by atoms with Crippen molar-refractivity contribution in [3.8, 4) is 11.5 Å². The fourth-order valence-electron chi connectivity index (χ4n) is 2.24. The second kappa shape index (κ2) is 11.2. The van der Waals surface area contributed by atoms with Crippen LogP contribution in [-0.2, 0) is 4.74 Å². The minimum absolute atomic E-state index is 0.162. The average Bonchev–Trinajstić information content (AvgIpc) is 2.67. The number of anilines is 1. The summed E-state index contributed by atoms with van der Waals surface area (Å²) in [6.07, 6.45) is 2.13. The molecule has 0 fully saturated rings. The van der Waals surface area contributed by atoms with Crippen molar-refractivity contribution in [1.29, 1.82) is 0 Å². The summed E-state index contributed by atoms with van der Waals surface area (Å²) in [4.78, 5) is 12.3. The topological polar surface area (TPSA) is 56.8 Å². The van der Waals surface area contributed by atoms with Gasteiger partial charge in [0.2, 0.25) is 0 Å². The van der Waals surface area contributed by atoms with Crippen LogP contribution in [0.15, 0.2) is 48.5 Å². The monoisotopic (exact) mass is 357 g/mol. The molecule has 0 heterocycles. The fraction of sp³-hybridized carbons (Fsp3) is 0.381. The van der Waals surface area contributed by atoms with E-state index in [2.05, 4.69) is 12.2 Å². The van der Waals surface area contributed by atoms with Gasteiger partial charge in [0.15, 0.2) is 0 Å². The molecule has 5 heteroatoms. The van der Waals surface area contributed by atoms with Gasteiger partial charge in [-0.15, -0.1) is 0 Å². The highest BCUT2D eigenvalue weighted by Gasteiger charge is 2.06. The number of rotatable bonds is 11. The van der Waals surface area contributed by atoms with E-state index in [9.17, 15) is 4.79 Å². The van der Waals surface area contributed by atoms with Crippen LogP contribution >= 0.6 is 0 Å². The first-order valence-corrected chi connectivity index (χ1v) is 9.07. The summed E-state index contributed by atoms with van der Waals surface area (Å²) in [6, 6.07) is 14.5. The Morgan fingerprint density at radius 3 is 2.08 bits per heavy atom. The Morgan fingerprint density at radius 1 is 0.846 bits per heavy atom. The Hall–Kier alpha value is -2.53. The van der Waals surface area contributed by atoms with Crippen molar-refractivity contribution >= 4 is 11.6 Å². The molecule has 0 aliphatic rings.